The van der Waals surface area contributed by atoms with Crippen molar-refractivity contribution in [3.05, 3.63) is 35.6 Å². The maximum Gasteiger partial charge on any atom is 0.0593 e. The van der Waals surface area contributed by atoms with Crippen LogP contribution in [0.5, 0.6) is 0 Å². The predicted molar refractivity (Wildman–Crippen MR) is 69.1 cm³/mol. The summed E-state index contributed by atoms with van der Waals surface area (Å²) in [5, 5.41) is 2.65. The van der Waals surface area contributed by atoms with Gasteiger partial charge in [-0.1, -0.05) is 11.6 Å². The third kappa shape index (κ3) is 2.86. The number of nitrogens with one attached hydrogen (secondary N) is 1. The summed E-state index contributed by atoms with van der Waals surface area (Å²) < 4.78 is 0. The summed E-state index contributed by atoms with van der Waals surface area (Å²) in [6, 6.07) is 5.53. The number of hydrogen-bond donors (Lipinski definition) is 2. The van der Waals surface area contributed by atoms with Gasteiger partial charge < -0.3 is 5.43 Å². The standard InChI is InChI=1S/C9H8ClN3.2ClH/c10-7-3-6-1-2-12-5-8(6)9(4-7)13-11;;/h1-5,13H,11H2;2*1H. The van der Waals surface area contributed by atoms with Crippen LogP contribution in [0.1, 0.15) is 0 Å². The Morgan fingerprint density at radius 1 is 1.27 bits per heavy atom. The van der Waals surface area contributed by atoms with Gasteiger partial charge in [-0.05, 0) is 23.6 Å². The number of rotatable bonds is 1. The third-order valence-electron chi connectivity index (χ3n) is 1.88. The molecule has 0 bridgehead atoms. The minimum absolute atomic E-state index is 0. The average molecular weight is 267 g/mol. The number of pyridine rings is 1. The number of hydrazine groups is 1. The Balaban J connectivity index is 0.000000980. The fourth-order valence-corrected chi connectivity index (χ4v) is 1.51. The first kappa shape index (κ1) is 14.3. The van der Waals surface area contributed by atoms with Gasteiger partial charge in [0.15, 0.2) is 0 Å². The lowest BCUT2D eigenvalue weighted by Crippen LogP contribution is -2.07. The van der Waals surface area contributed by atoms with E-state index in [4.69, 9.17) is 17.4 Å². The Morgan fingerprint density at radius 2 is 2.00 bits per heavy atom. The van der Waals surface area contributed by atoms with Gasteiger partial charge in [-0.2, -0.15) is 0 Å². The molecule has 1 heterocycles. The summed E-state index contributed by atoms with van der Waals surface area (Å²) in [5.41, 5.74) is 3.37. The summed E-state index contributed by atoms with van der Waals surface area (Å²) in [6.45, 7) is 0. The van der Waals surface area contributed by atoms with Crippen molar-refractivity contribution in [1.29, 1.82) is 0 Å². The van der Waals surface area contributed by atoms with E-state index in [0.29, 0.717) is 5.02 Å². The molecule has 1 aromatic carbocycles. The molecule has 2 rings (SSSR count). The van der Waals surface area contributed by atoms with Crippen molar-refractivity contribution in [3.63, 3.8) is 0 Å². The number of nitrogens with two attached hydrogens (primary N) is 1. The Hall–Kier alpha value is -0.740. The third-order valence-corrected chi connectivity index (χ3v) is 2.09. The summed E-state index contributed by atoms with van der Waals surface area (Å²) in [6.07, 6.45) is 3.47. The van der Waals surface area contributed by atoms with E-state index in [1.807, 2.05) is 12.1 Å². The zero-order valence-corrected chi connectivity index (χ0v) is 9.99. The molecular weight excluding hydrogens is 256 g/mol. The largest absolute Gasteiger partial charge is 0.323 e. The molecular formula is C9H10Cl3N3. The number of aromatic nitrogens is 1. The highest BCUT2D eigenvalue weighted by Crippen LogP contribution is 2.26. The minimum Gasteiger partial charge on any atom is -0.323 e. The van der Waals surface area contributed by atoms with Crippen molar-refractivity contribution in [1.82, 2.24) is 4.98 Å². The molecule has 0 spiro atoms. The van der Waals surface area contributed by atoms with Gasteiger partial charge in [-0.3, -0.25) is 10.8 Å². The second-order valence-corrected chi connectivity index (χ2v) is 3.13. The molecule has 3 N–H and O–H groups in total. The molecule has 0 radical (unpaired) electrons. The Bertz CT molecular complexity index is 448. The van der Waals surface area contributed by atoms with Crippen LogP contribution in [0.4, 0.5) is 5.69 Å². The van der Waals surface area contributed by atoms with Gasteiger partial charge in [0, 0.05) is 22.8 Å². The predicted octanol–water partition coefficient (Wildman–Crippen LogP) is 3.02. The van der Waals surface area contributed by atoms with Crippen molar-refractivity contribution in [2.45, 2.75) is 0 Å². The van der Waals surface area contributed by atoms with E-state index in [2.05, 4.69) is 10.4 Å². The molecule has 2 aromatic rings. The van der Waals surface area contributed by atoms with Gasteiger partial charge in [0.05, 0.1) is 5.69 Å². The van der Waals surface area contributed by atoms with Gasteiger partial charge in [0.1, 0.15) is 0 Å². The molecule has 3 nitrogen and oxygen atoms in total. The zero-order chi connectivity index (χ0) is 9.26. The molecule has 0 saturated carbocycles. The summed E-state index contributed by atoms with van der Waals surface area (Å²) in [7, 11) is 0. The molecule has 1 aromatic heterocycles. The number of nitrogen functional groups attached to an aromatic ring is 1. The van der Waals surface area contributed by atoms with Crippen molar-refractivity contribution in [2.75, 3.05) is 5.43 Å². The topological polar surface area (TPSA) is 50.9 Å². The van der Waals surface area contributed by atoms with Gasteiger partial charge in [-0.25, -0.2) is 0 Å². The van der Waals surface area contributed by atoms with Crippen LogP contribution in [0, 0.1) is 0 Å². The first-order valence-corrected chi connectivity index (χ1v) is 4.19. The Kier molecular flexibility index (Phi) is 5.68. The minimum atomic E-state index is 0. The van der Waals surface area contributed by atoms with Crippen LogP contribution in [-0.4, -0.2) is 4.98 Å². The average Bonchev–Trinajstić information content (AvgIpc) is 2.16. The van der Waals surface area contributed by atoms with Crippen molar-refractivity contribution in [3.8, 4) is 0 Å². The van der Waals surface area contributed by atoms with E-state index in [-0.39, 0.29) is 24.8 Å². The summed E-state index contributed by atoms with van der Waals surface area (Å²) >= 11 is 5.89. The molecule has 6 heteroatoms. The first-order valence-electron chi connectivity index (χ1n) is 3.81. The maximum absolute atomic E-state index is 5.89. The lowest BCUT2D eigenvalue weighted by atomic mass is 10.1. The zero-order valence-electron chi connectivity index (χ0n) is 7.61. The van der Waals surface area contributed by atoms with Crippen LogP contribution in [0.15, 0.2) is 30.6 Å². The van der Waals surface area contributed by atoms with Gasteiger partial charge in [0.2, 0.25) is 0 Å². The van der Waals surface area contributed by atoms with Crippen LogP contribution in [0.3, 0.4) is 0 Å². The highest BCUT2D eigenvalue weighted by Gasteiger charge is 2.00. The van der Waals surface area contributed by atoms with Crippen LogP contribution >= 0.6 is 36.4 Å². The number of hydrogen-bond acceptors (Lipinski definition) is 3. The van der Waals surface area contributed by atoms with Gasteiger partial charge >= 0.3 is 0 Å². The van der Waals surface area contributed by atoms with Crippen molar-refractivity contribution < 1.29 is 0 Å². The molecule has 82 valence electrons. The van der Waals surface area contributed by atoms with E-state index in [9.17, 15) is 0 Å². The summed E-state index contributed by atoms with van der Waals surface area (Å²) in [5.74, 6) is 5.35. The molecule has 0 aliphatic carbocycles. The molecule has 0 unspecified atom stereocenters. The highest BCUT2D eigenvalue weighted by molar-refractivity contribution is 6.31. The quantitative estimate of drug-likeness (QED) is 0.616. The van der Waals surface area contributed by atoms with Crippen LogP contribution in [0.25, 0.3) is 10.8 Å². The monoisotopic (exact) mass is 265 g/mol. The Morgan fingerprint density at radius 3 is 2.67 bits per heavy atom. The summed E-state index contributed by atoms with van der Waals surface area (Å²) in [4.78, 5) is 4.01. The molecule has 0 amide bonds. The number of halogens is 3. The van der Waals surface area contributed by atoms with Gasteiger partial charge in [-0.15, -0.1) is 24.8 Å². The number of nitrogens with zero attached hydrogens (tertiary/aromatic N) is 1. The van der Waals surface area contributed by atoms with E-state index >= 15 is 0 Å². The second kappa shape index (κ2) is 5.98. The fourth-order valence-electron chi connectivity index (χ4n) is 1.28. The van der Waals surface area contributed by atoms with Crippen molar-refractivity contribution >= 4 is 52.9 Å². The maximum atomic E-state index is 5.89. The first-order chi connectivity index (χ1) is 6.31. The highest BCUT2D eigenvalue weighted by atomic mass is 35.5. The number of anilines is 1. The van der Waals surface area contributed by atoms with E-state index in [1.54, 1.807) is 18.5 Å². The second-order valence-electron chi connectivity index (χ2n) is 2.69. The molecule has 0 aliphatic heterocycles. The molecule has 15 heavy (non-hydrogen) atoms. The fraction of sp³-hybridized carbons (Fsp3) is 0. The molecule has 0 aliphatic rings. The normalized spacial score (nSPS) is 8.93. The lowest BCUT2D eigenvalue weighted by Gasteiger charge is -2.05. The van der Waals surface area contributed by atoms with Crippen LogP contribution in [0.2, 0.25) is 5.02 Å². The van der Waals surface area contributed by atoms with Crippen LogP contribution in [-0.2, 0) is 0 Å². The van der Waals surface area contributed by atoms with Gasteiger partial charge in [0.25, 0.3) is 0 Å². The van der Waals surface area contributed by atoms with Crippen LogP contribution < -0.4 is 11.3 Å². The molecule has 0 atom stereocenters. The molecule has 0 fully saturated rings. The lowest BCUT2D eigenvalue weighted by molar-refractivity contribution is 1.33. The van der Waals surface area contributed by atoms with E-state index in [1.165, 1.54) is 0 Å². The smallest absolute Gasteiger partial charge is 0.0593 e. The van der Waals surface area contributed by atoms with E-state index in [0.717, 1.165) is 16.5 Å². The number of fused-ring (bicyclic) bond motifs is 1. The number of benzene rings is 1. The Labute approximate surface area is 105 Å². The SMILES string of the molecule is Cl.Cl.NNc1cc(Cl)cc2ccncc12. The van der Waals surface area contributed by atoms with Crippen molar-refractivity contribution in [2.24, 2.45) is 5.84 Å². The van der Waals surface area contributed by atoms with E-state index < -0.39 is 0 Å². The molecule has 0 saturated heterocycles.